The van der Waals surface area contributed by atoms with Crippen LogP contribution in [0.15, 0.2) is 42.0 Å². The highest BCUT2D eigenvalue weighted by Gasteiger charge is 2.20. The van der Waals surface area contributed by atoms with Crippen molar-refractivity contribution in [3.05, 3.63) is 47.5 Å². The second-order valence-electron chi connectivity index (χ2n) is 4.42. The molecule has 1 aromatic carbocycles. The predicted molar refractivity (Wildman–Crippen MR) is 69.0 cm³/mol. The third-order valence-corrected chi connectivity index (χ3v) is 2.96. The van der Waals surface area contributed by atoms with Crippen LogP contribution in [0, 0.1) is 0 Å². The summed E-state index contributed by atoms with van der Waals surface area (Å²) in [5.74, 6) is -0.244. The monoisotopic (exact) mass is 246 g/mol. The molecule has 1 heterocycles. The molecule has 0 saturated carbocycles. The van der Waals surface area contributed by atoms with Crippen molar-refractivity contribution in [2.75, 3.05) is 6.61 Å². The first-order valence-electron chi connectivity index (χ1n) is 6.29. The Hall–Kier alpha value is -1.61. The van der Waals surface area contributed by atoms with E-state index in [4.69, 9.17) is 9.47 Å². The number of carbonyl (C=O) groups is 1. The summed E-state index contributed by atoms with van der Waals surface area (Å²) in [4.78, 5) is 11.3. The molecule has 0 unspecified atom stereocenters. The van der Waals surface area contributed by atoms with Crippen LogP contribution in [0.1, 0.15) is 25.3 Å². The summed E-state index contributed by atoms with van der Waals surface area (Å²) in [6.07, 6.45) is 3.14. The van der Waals surface area contributed by atoms with Gasteiger partial charge in [-0.2, -0.15) is 0 Å². The van der Waals surface area contributed by atoms with E-state index in [2.05, 4.69) is 0 Å². The van der Waals surface area contributed by atoms with Crippen LogP contribution in [-0.4, -0.2) is 18.7 Å². The maximum Gasteiger partial charge on any atom is 0.331 e. The van der Waals surface area contributed by atoms with Gasteiger partial charge in [0.1, 0.15) is 6.10 Å². The summed E-state index contributed by atoms with van der Waals surface area (Å²) in [6.45, 7) is 3.06. The molecule has 0 radical (unpaired) electrons. The van der Waals surface area contributed by atoms with Gasteiger partial charge < -0.3 is 9.47 Å². The Kier molecular flexibility index (Phi) is 4.53. The van der Waals surface area contributed by atoms with Gasteiger partial charge in [0.2, 0.25) is 0 Å². The fourth-order valence-electron chi connectivity index (χ4n) is 1.98. The number of rotatable bonds is 5. The van der Waals surface area contributed by atoms with Crippen LogP contribution >= 0.6 is 0 Å². The van der Waals surface area contributed by atoms with Gasteiger partial charge in [0.05, 0.1) is 13.2 Å². The van der Waals surface area contributed by atoms with E-state index in [1.807, 2.05) is 37.3 Å². The molecule has 1 aliphatic heterocycles. The molecule has 0 aromatic heterocycles. The summed E-state index contributed by atoms with van der Waals surface area (Å²) in [6, 6.07) is 9.98. The smallest absolute Gasteiger partial charge is 0.331 e. The van der Waals surface area contributed by atoms with E-state index in [0.29, 0.717) is 13.2 Å². The lowest BCUT2D eigenvalue weighted by Gasteiger charge is -2.22. The zero-order chi connectivity index (χ0) is 12.8. The first-order valence-corrected chi connectivity index (χ1v) is 6.29. The van der Waals surface area contributed by atoms with Gasteiger partial charge in [-0.3, -0.25) is 0 Å². The molecule has 3 heteroatoms. The standard InChI is InChI=1S/C15H18O3/c1-2-12-8-14(18-15(16)9-12)11-17-10-13-6-4-3-5-7-13/h3-7,9,14H,2,8,10-11H2,1H3/t14-/m1/s1. The minimum absolute atomic E-state index is 0.138. The Bertz CT molecular complexity index is 423. The number of ether oxygens (including phenoxy) is 2. The maximum atomic E-state index is 11.3. The van der Waals surface area contributed by atoms with E-state index in [9.17, 15) is 4.79 Å². The molecule has 0 amide bonds. The van der Waals surface area contributed by atoms with Crippen molar-refractivity contribution in [1.82, 2.24) is 0 Å². The van der Waals surface area contributed by atoms with Crippen molar-refractivity contribution in [2.45, 2.75) is 32.5 Å². The molecule has 2 rings (SSSR count). The van der Waals surface area contributed by atoms with Gasteiger partial charge >= 0.3 is 5.97 Å². The predicted octanol–water partition coefficient (Wildman–Crippen LogP) is 2.86. The Balaban J connectivity index is 1.78. The first-order chi connectivity index (χ1) is 8.78. The molecule has 1 aromatic rings. The molecule has 0 N–H and O–H groups in total. The molecule has 0 fully saturated rings. The number of esters is 1. The van der Waals surface area contributed by atoms with E-state index in [-0.39, 0.29) is 12.1 Å². The Morgan fingerprint density at radius 2 is 2.11 bits per heavy atom. The Morgan fingerprint density at radius 3 is 2.83 bits per heavy atom. The van der Waals surface area contributed by atoms with Crippen LogP contribution in [0.4, 0.5) is 0 Å². The molecule has 1 atom stereocenters. The first kappa shape index (κ1) is 12.8. The Morgan fingerprint density at radius 1 is 1.33 bits per heavy atom. The largest absolute Gasteiger partial charge is 0.456 e. The highest BCUT2D eigenvalue weighted by Crippen LogP contribution is 2.18. The van der Waals surface area contributed by atoms with Gasteiger partial charge in [0, 0.05) is 12.5 Å². The van der Waals surface area contributed by atoms with Crippen molar-refractivity contribution in [3.63, 3.8) is 0 Å². The Labute approximate surface area is 107 Å². The van der Waals surface area contributed by atoms with Crippen molar-refractivity contribution in [2.24, 2.45) is 0 Å². The molecule has 3 nitrogen and oxygen atoms in total. The van der Waals surface area contributed by atoms with E-state index in [1.165, 1.54) is 0 Å². The van der Waals surface area contributed by atoms with Gasteiger partial charge in [-0.1, -0.05) is 42.8 Å². The van der Waals surface area contributed by atoms with Crippen molar-refractivity contribution >= 4 is 5.97 Å². The minimum atomic E-state index is -0.244. The normalized spacial score (nSPS) is 19.3. The van der Waals surface area contributed by atoms with Crippen molar-refractivity contribution in [1.29, 1.82) is 0 Å². The van der Waals surface area contributed by atoms with Crippen LogP contribution in [0.3, 0.4) is 0 Å². The lowest BCUT2D eigenvalue weighted by atomic mass is 10.0. The van der Waals surface area contributed by atoms with Crippen LogP contribution in [0.25, 0.3) is 0 Å². The van der Waals surface area contributed by atoms with Crippen LogP contribution in [-0.2, 0) is 20.9 Å². The van der Waals surface area contributed by atoms with Crippen LogP contribution < -0.4 is 0 Å². The third kappa shape index (κ3) is 3.70. The fourth-order valence-corrected chi connectivity index (χ4v) is 1.98. The van der Waals surface area contributed by atoms with E-state index >= 15 is 0 Å². The number of hydrogen-bond donors (Lipinski definition) is 0. The summed E-state index contributed by atoms with van der Waals surface area (Å²) >= 11 is 0. The SMILES string of the molecule is CCC1=CC(=O)O[C@@H](COCc2ccccc2)C1. The molecule has 0 bridgehead atoms. The van der Waals surface area contributed by atoms with Gasteiger partial charge in [-0.05, 0) is 12.0 Å². The lowest BCUT2D eigenvalue weighted by molar-refractivity contribution is -0.147. The van der Waals surface area contributed by atoms with Gasteiger partial charge in [0.15, 0.2) is 0 Å². The molecule has 0 saturated heterocycles. The topological polar surface area (TPSA) is 35.5 Å². The van der Waals surface area contributed by atoms with E-state index < -0.39 is 0 Å². The molecule has 0 aliphatic carbocycles. The van der Waals surface area contributed by atoms with Crippen LogP contribution in [0.2, 0.25) is 0 Å². The minimum Gasteiger partial charge on any atom is -0.456 e. The molecular weight excluding hydrogens is 228 g/mol. The molecule has 0 spiro atoms. The molecule has 1 aliphatic rings. The van der Waals surface area contributed by atoms with Gasteiger partial charge in [-0.25, -0.2) is 4.79 Å². The van der Waals surface area contributed by atoms with Crippen molar-refractivity contribution in [3.8, 4) is 0 Å². The van der Waals surface area contributed by atoms with E-state index in [1.54, 1.807) is 6.08 Å². The van der Waals surface area contributed by atoms with Crippen LogP contribution in [0.5, 0.6) is 0 Å². The quantitative estimate of drug-likeness (QED) is 0.749. The average Bonchev–Trinajstić information content (AvgIpc) is 2.39. The van der Waals surface area contributed by atoms with Gasteiger partial charge in [0.25, 0.3) is 0 Å². The zero-order valence-electron chi connectivity index (χ0n) is 10.6. The number of benzene rings is 1. The maximum absolute atomic E-state index is 11.3. The number of hydrogen-bond acceptors (Lipinski definition) is 3. The molecular formula is C15H18O3. The second-order valence-corrected chi connectivity index (χ2v) is 4.42. The highest BCUT2D eigenvalue weighted by molar-refractivity contribution is 5.83. The van der Waals surface area contributed by atoms with Gasteiger partial charge in [-0.15, -0.1) is 0 Å². The third-order valence-electron chi connectivity index (χ3n) is 2.96. The zero-order valence-corrected chi connectivity index (χ0v) is 10.6. The summed E-state index contributed by atoms with van der Waals surface area (Å²) in [7, 11) is 0. The van der Waals surface area contributed by atoms with E-state index in [0.717, 1.165) is 24.0 Å². The number of carbonyl (C=O) groups excluding carboxylic acids is 1. The van der Waals surface area contributed by atoms with Crippen molar-refractivity contribution < 1.29 is 14.3 Å². The lowest BCUT2D eigenvalue weighted by Crippen LogP contribution is -2.27. The molecule has 18 heavy (non-hydrogen) atoms. The average molecular weight is 246 g/mol. The fraction of sp³-hybridized carbons (Fsp3) is 0.400. The summed E-state index contributed by atoms with van der Waals surface area (Å²) < 4.78 is 10.8. The second kappa shape index (κ2) is 6.36. The summed E-state index contributed by atoms with van der Waals surface area (Å²) in [5, 5.41) is 0. The molecule has 96 valence electrons. The highest BCUT2D eigenvalue weighted by atomic mass is 16.6. The summed E-state index contributed by atoms with van der Waals surface area (Å²) in [5.41, 5.74) is 2.27. The number of cyclic esters (lactones) is 1.